The summed E-state index contributed by atoms with van der Waals surface area (Å²) in [5.74, 6) is -0.735. The molecule has 0 bridgehead atoms. The average Bonchev–Trinajstić information content (AvgIpc) is 3.06. The summed E-state index contributed by atoms with van der Waals surface area (Å²) < 4.78 is 30.7. The predicted molar refractivity (Wildman–Crippen MR) is 130 cm³/mol. The first-order valence-corrected chi connectivity index (χ1v) is 12.3. The van der Waals surface area contributed by atoms with E-state index in [9.17, 15) is 18.0 Å². The lowest BCUT2D eigenvalue weighted by atomic mass is 10.1. The van der Waals surface area contributed by atoms with E-state index in [1.807, 2.05) is 19.0 Å². The van der Waals surface area contributed by atoms with Gasteiger partial charge in [0.1, 0.15) is 0 Å². The van der Waals surface area contributed by atoms with Crippen molar-refractivity contribution in [1.29, 1.82) is 0 Å². The van der Waals surface area contributed by atoms with Crippen molar-refractivity contribution in [2.24, 2.45) is 0 Å². The van der Waals surface area contributed by atoms with Gasteiger partial charge in [-0.1, -0.05) is 6.07 Å². The van der Waals surface area contributed by atoms with Crippen molar-refractivity contribution < 1.29 is 22.7 Å². The molecule has 33 heavy (non-hydrogen) atoms. The molecule has 1 aliphatic heterocycles. The lowest BCUT2D eigenvalue weighted by molar-refractivity contribution is -0.110. The molecule has 0 saturated carbocycles. The Morgan fingerprint density at radius 2 is 1.82 bits per heavy atom. The van der Waals surface area contributed by atoms with Crippen LogP contribution in [0.15, 0.2) is 48.7 Å². The number of hydrogen-bond acceptors (Lipinski definition) is 7. The summed E-state index contributed by atoms with van der Waals surface area (Å²) >= 11 is 0. The Bertz CT molecular complexity index is 1170. The molecule has 0 saturated heterocycles. The summed E-state index contributed by atoms with van der Waals surface area (Å²) in [6, 6.07) is 11.8. The van der Waals surface area contributed by atoms with Gasteiger partial charge in [0, 0.05) is 36.2 Å². The smallest absolute Gasteiger partial charge is 0.338 e. The second-order valence-corrected chi connectivity index (χ2v) is 9.73. The van der Waals surface area contributed by atoms with E-state index in [0.29, 0.717) is 46.9 Å². The fourth-order valence-electron chi connectivity index (χ4n) is 3.34. The fourth-order valence-corrected chi connectivity index (χ4v) is 4.25. The number of nitrogens with one attached hydrogen (secondary N) is 2. The van der Waals surface area contributed by atoms with E-state index < -0.39 is 16.0 Å². The number of sulfonamides is 1. The van der Waals surface area contributed by atoms with Gasteiger partial charge in [-0.15, -0.1) is 0 Å². The molecule has 2 aromatic rings. The zero-order valence-electron chi connectivity index (χ0n) is 19.1. The van der Waals surface area contributed by atoms with Gasteiger partial charge in [0.2, 0.25) is 10.0 Å². The number of likely N-dealkylation sites (N-methyl/N-ethyl adjacent to an activating group) is 1. The first-order valence-electron chi connectivity index (χ1n) is 10.4. The van der Waals surface area contributed by atoms with Crippen molar-refractivity contribution in [3.05, 3.63) is 59.8 Å². The SMILES string of the molecule is CCOC(=O)c1ccc2c(c1)NC(=O)C2=CNc1ccc(N(CCN(C)C)S(C)(=O)=O)cc1. The number of hydrogen-bond donors (Lipinski definition) is 2. The van der Waals surface area contributed by atoms with Crippen molar-refractivity contribution in [3.8, 4) is 0 Å². The van der Waals surface area contributed by atoms with Crippen molar-refractivity contribution in [2.45, 2.75) is 6.92 Å². The molecule has 2 aromatic carbocycles. The van der Waals surface area contributed by atoms with Gasteiger partial charge in [0.25, 0.3) is 5.91 Å². The highest BCUT2D eigenvalue weighted by atomic mass is 32.2. The van der Waals surface area contributed by atoms with Crippen LogP contribution in [0.2, 0.25) is 0 Å². The van der Waals surface area contributed by atoms with Crippen molar-refractivity contribution in [2.75, 3.05) is 55.0 Å². The Kier molecular flexibility index (Phi) is 7.39. The Hall–Kier alpha value is -3.37. The van der Waals surface area contributed by atoms with Gasteiger partial charge >= 0.3 is 5.97 Å². The summed E-state index contributed by atoms with van der Waals surface area (Å²) in [6.07, 6.45) is 2.77. The minimum Gasteiger partial charge on any atom is -0.462 e. The van der Waals surface area contributed by atoms with Crippen LogP contribution in [0.1, 0.15) is 22.8 Å². The lowest BCUT2D eigenvalue weighted by Crippen LogP contribution is -2.35. The molecule has 0 radical (unpaired) electrons. The summed E-state index contributed by atoms with van der Waals surface area (Å²) in [5.41, 5.74) is 3.26. The van der Waals surface area contributed by atoms with E-state index in [1.165, 1.54) is 10.6 Å². The van der Waals surface area contributed by atoms with Crippen LogP contribution >= 0.6 is 0 Å². The largest absolute Gasteiger partial charge is 0.462 e. The fraction of sp³-hybridized carbons (Fsp3) is 0.304. The highest BCUT2D eigenvalue weighted by molar-refractivity contribution is 7.92. The molecule has 0 atom stereocenters. The molecule has 0 aromatic heterocycles. The molecule has 3 rings (SSSR count). The second-order valence-electron chi connectivity index (χ2n) is 7.82. The Labute approximate surface area is 194 Å². The van der Waals surface area contributed by atoms with E-state index in [1.54, 1.807) is 55.6 Å². The monoisotopic (exact) mass is 472 g/mol. The zero-order chi connectivity index (χ0) is 24.2. The molecular weight excluding hydrogens is 444 g/mol. The van der Waals surface area contributed by atoms with Crippen LogP contribution in [-0.4, -0.2) is 65.2 Å². The number of carbonyl (C=O) groups is 2. The van der Waals surface area contributed by atoms with Crippen LogP contribution in [0.4, 0.5) is 17.1 Å². The third-order valence-corrected chi connectivity index (χ3v) is 6.20. The molecule has 2 N–H and O–H groups in total. The number of ether oxygens (including phenoxy) is 1. The van der Waals surface area contributed by atoms with Crippen molar-refractivity contribution in [1.82, 2.24) is 4.90 Å². The topological polar surface area (TPSA) is 108 Å². The van der Waals surface area contributed by atoms with Gasteiger partial charge < -0.3 is 20.3 Å². The average molecular weight is 473 g/mol. The maximum Gasteiger partial charge on any atom is 0.338 e. The number of fused-ring (bicyclic) bond motifs is 1. The van der Waals surface area contributed by atoms with Crippen LogP contribution in [0.25, 0.3) is 5.57 Å². The normalized spacial score (nSPS) is 14.2. The number of anilines is 3. The highest BCUT2D eigenvalue weighted by Gasteiger charge is 2.25. The molecular formula is C23H28N4O5S. The van der Waals surface area contributed by atoms with Gasteiger partial charge in [-0.05, 0) is 57.4 Å². The number of esters is 1. The van der Waals surface area contributed by atoms with Gasteiger partial charge in [0.15, 0.2) is 0 Å². The van der Waals surface area contributed by atoms with Crippen LogP contribution in [0.5, 0.6) is 0 Å². The van der Waals surface area contributed by atoms with E-state index in [-0.39, 0.29) is 12.5 Å². The summed E-state index contributed by atoms with van der Waals surface area (Å²) in [6.45, 7) is 2.93. The molecule has 1 heterocycles. The number of benzene rings is 2. The molecule has 0 fully saturated rings. The van der Waals surface area contributed by atoms with Crippen LogP contribution < -0.4 is 14.9 Å². The van der Waals surface area contributed by atoms with E-state index in [4.69, 9.17) is 4.74 Å². The molecule has 0 spiro atoms. The molecule has 10 heteroatoms. The van der Waals surface area contributed by atoms with Gasteiger partial charge in [-0.2, -0.15) is 0 Å². The third-order valence-electron chi connectivity index (χ3n) is 5.00. The zero-order valence-corrected chi connectivity index (χ0v) is 19.9. The van der Waals surface area contributed by atoms with E-state index in [2.05, 4.69) is 10.6 Å². The first kappa shape index (κ1) is 24.3. The maximum absolute atomic E-state index is 12.4. The Morgan fingerprint density at radius 1 is 1.12 bits per heavy atom. The molecule has 1 aliphatic rings. The van der Waals surface area contributed by atoms with Crippen LogP contribution in [-0.2, 0) is 19.6 Å². The van der Waals surface area contributed by atoms with Gasteiger partial charge in [0.05, 0.1) is 29.7 Å². The molecule has 176 valence electrons. The summed E-state index contributed by atoms with van der Waals surface area (Å²) in [4.78, 5) is 26.3. The number of rotatable bonds is 9. The van der Waals surface area contributed by atoms with Gasteiger partial charge in [-0.25, -0.2) is 13.2 Å². The summed E-state index contributed by atoms with van der Waals surface area (Å²) in [5, 5.41) is 5.83. The quantitative estimate of drug-likeness (QED) is 0.427. The Morgan fingerprint density at radius 3 is 2.42 bits per heavy atom. The standard InChI is InChI=1S/C23H28N4O5S/c1-5-32-23(29)16-6-11-19-20(22(28)25-21(19)14-16)15-24-17-7-9-18(10-8-17)27(33(4,30)31)13-12-26(2)3/h6-11,14-15,24H,5,12-13H2,1-4H3,(H,25,28). The summed E-state index contributed by atoms with van der Waals surface area (Å²) in [7, 11) is 0.352. The van der Waals surface area contributed by atoms with E-state index >= 15 is 0 Å². The number of carbonyl (C=O) groups excluding carboxylic acids is 2. The minimum atomic E-state index is -3.42. The first-order chi connectivity index (χ1) is 15.6. The highest BCUT2D eigenvalue weighted by Crippen LogP contribution is 2.33. The second kappa shape index (κ2) is 10.1. The van der Waals surface area contributed by atoms with Crippen LogP contribution in [0, 0.1) is 0 Å². The van der Waals surface area contributed by atoms with Crippen molar-refractivity contribution >= 4 is 44.5 Å². The lowest BCUT2D eigenvalue weighted by Gasteiger charge is -2.24. The molecule has 0 aliphatic carbocycles. The van der Waals surface area contributed by atoms with Gasteiger partial charge in [-0.3, -0.25) is 9.10 Å². The van der Waals surface area contributed by atoms with Crippen molar-refractivity contribution in [3.63, 3.8) is 0 Å². The molecule has 9 nitrogen and oxygen atoms in total. The number of nitrogens with zero attached hydrogens (tertiary/aromatic N) is 2. The predicted octanol–water partition coefficient (Wildman–Crippen LogP) is 2.60. The minimum absolute atomic E-state index is 0.272. The molecule has 1 amide bonds. The molecule has 0 unspecified atom stereocenters. The maximum atomic E-state index is 12.4. The number of amides is 1. The third kappa shape index (κ3) is 5.91. The van der Waals surface area contributed by atoms with Crippen LogP contribution in [0.3, 0.4) is 0 Å². The van der Waals surface area contributed by atoms with E-state index in [0.717, 1.165) is 0 Å². The Balaban J connectivity index is 1.76.